The van der Waals surface area contributed by atoms with Crippen molar-refractivity contribution in [1.82, 2.24) is 10.2 Å². The summed E-state index contributed by atoms with van der Waals surface area (Å²) in [5, 5.41) is 3.78. The van der Waals surface area contributed by atoms with Gasteiger partial charge in [0.2, 0.25) is 0 Å². The van der Waals surface area contributed by atoms with E-state index >= 15 is 0 Å². The largest absolute Gasteiger partial charge is 0.493 e. The van der Waals surface area contributed by atoms with Gasteiger partial charge in [0.15, 0.2) is 11.5 Å². The van der Waals surface area contributed by atoms with Crippen molar-refractivity contribution in [1.29, 1.82) is 0 Å². The molecule has 0 aliphatic carbocycles. The van der Waals surface area contributed by atoms with Gasteiger partial charge in [-0.1, -0.05) is 66.7 Å². The summed E-state index contributed by atoms with van der Waals surface area (Å²) in [6.07, 6.45) is 0.917. The molecule has 1 aliphatic rings. The minimum atomic E-state index is -0.0420. The Morgan fingerprint density at radius 2 is 1.48 bits per heavy atom. The molecule has 0 spiro atoms. The van der Waals surface area contributed by atoms with Crippen LogP contribution in [0.15, 0.2) is 78.9 Å². The molecule has 1 atom stereocenters. The molecule has 0 bridgehead atoms. The highest BCUT2D eigenvalue weighted by Crippen LogP contribution is 2.33. The van der Waals surface area contributed by atoms with Gasteiger partial charge in [-0.3, -0.25) is 4.90 Å². The second-order valence-corrected chi connectivity index (χ2v) is 8.55. The zero-order valence-electron chi connectivity index (χ0n) is 18.7. The molecule has 0 aromatic heterocycles. The zero-order valence-corrected chi connectivity index (χ0v) is 18.7. The van der Waals surface area contributed by atoms with Gasteiger partial charge >= 0.3 is 0 Å². The molecule has 1 fully saturated rings. The molecule has 4 nitrogen and oxygen atoms in total. The Labute approximate surface area is 185 Å². The van der Waals surface area contributed by atoms with E-state index in [0.29, 0.717) is 0 Å². The summed E-state index contributed by atoms with van der Waals surface area (Å²) in [6, 6.07) is 28.2. The van der Waals surface area contributed by atoms with Gasteiger partial charge in [-0.05, 0) is 42.2 Å². The molecule has 0 radical (unpaired) electrons. The van der Waals surface area contributed by atoms with Gasteiger partial charge in [0, 0.05) is 25.2 Å². The molecule has 1 saturated heterocycles. The molecule has 4 rings (SSSR count). The maximum absolute atomic E-state index is 5.52. The lowest BCUT2D eigenvalue weighted by Crippen LogP contribution is -2.60. The van der Waals surface area contributed by atoms with Crippen molar-refractivity contribution in [2.24, 2.45) is 0 Å². The van der Waals surface area contributed by atoms with Crippen LogP contribution in [0.1, 0.15) is 29.7 Å². The summed E-state index contributed by atoms with van der Waals surface area (Å²) >= 11 is 0. The molecule has 162 valence electrons. The standard InChI is InChI=1S/C27H32N2O2/c1-27(19-21-14-15-24(30-2)25(18-21)31-3)20-29(17-16-28-27)26(22-10-6-4-7-11-22)23-12-8-5-9-13-23/h4-15,18,26,28H,16-17,19-20H2,1-3H3. The Morgan fingerprint density at radius 3 is 2.06 bits per heavy atom. The Hall–Kier alpha value is -2.82. The predicted molar refractivity (Wildman–Crippen MR) is 126 cm³/mol. The highest BCUT2D eigenvalue weighted by Gasteiger charge is 2.35. The highest BCUT2D eigenvalue weighted by molar-refractivity contribution is 5.43. The van der Waals surface area contributed by atoms with E-state index in [-0.39, 0.29) is 11.6 Å². The summed E-state index contributed by atoms with van der Waals surface area (Å²) < 4.78 is 10.9. The zero-order chi connectivity index (χ0) is 21.7. The monoisotopic (exact) mass is 416 g/mol. The number of piperazine rings is 1. The fraction of sp³-hybridized carbons (Fsp3) is 0.333. The lowest BCUT2D eigenvalue weighted by atomic mass is 9.88. The Morgan fingerprint density at radius 1 is 0.871 bits per heavy atom. The van der Waals surface area contributed by atoms with Crippen molar-refractivity contribution in [3.63, 3.8) is 0 Å². The molecule has 3 aromatic carbocycles. The van der Waals surface area contributed by atoms with E-state index in [9.17, 15) is 0 Å². The van der Waals surface area contributed by atoms with Gasteiger partial charge in [0.1, 0.15) is 0 Å². The first-order valence-corrected chi connectivity index (χ1v) is 10.9. The average molecular weight is 417 g/mol. The number of benzene rings is 3. The van der Waals surface area contributed by atoms with Crippen LogP contribution in [0, 0.1) is 0 Å². The van der Waals surface area contributed by atoms with Crippen LogP contribution in [0.25, 0.3) is 0 Å². The lowest BCUT2D eigenvalue weighted by Gasteiger charge is -2.45. The van der Waals surface area contributed by atoms with E-state index < -0.39 is 0 Å². The third kappa shape index (κ3) is 4.92. The number of rotatable bonds is 7. The molecule has 0 saturated carbocycles. The highest BCUT2D eigenvalue weighted by atomic mass is 16.5. The number of nitrogens with zero attached hydrogens (tertiary/aromatic N) is 1. The van der Waals surface area contributed by atoms with Crippen molar-refractivity contribution in [2.75, 3.05) is 33.9 Å². The van der Waals surface area contributed by atoms with Gasteiger partial charge in [0.25, 0.3) is 0 Å². The van der Waals surface area contributed by atoms with E-state index in [1.165, 1.54) is 16.7 Å². The van der Waals surface area contributed by atoms with Crippen molar-refractivity contribution in [3.8, 4) is 11.5 Å². The lowest BCUT2D eigenvalue weighted by molar-refractivity contribution is 0.115. The van der Waals surface area contributed by atoms with E-state index in [1.54, 1.807) is 14.2 Å². The van der Waals surface area contributed by atoms with E-state index in [2.05, 4.69) is 89.9 Å². The number of ether oxygens (including phenoxy) is 2. The number of methoxy groups -OCH3 is 2. The first kappa shape index (κ1) is 21.4. The number of hydrogen-bond donors (Lipinski definition) is 1. The first-order chi connectivity index (χ1) is 15.1. The summed E-state index contributed by atoms with van der Waals surface area (Å²) in [7, 11) is 3.36. The predicted octanol–water partition coefficient (Wildman–Crippen LogP) is 4.70. The second kappa shape index (κ2) is 9.54. The molecular formula is C27H32N2O2. The Balaban J connectivity index is 1.60. The Bertz CT molecular complexity index is 938. The van der Waals surface area contributed by atoms with Gasteiger partial charge in [-0.2, -0.15) is 0 Å². The van der Waals surface area contributed by atoms with Crippen LogP contribution in [0.2, 0.25) is 0 Å². The smallest absolute Gasteiger partial charge is 0.160 e. The fourth-order valence-electron chi connectivity index (χ4n) is 4.75. The minimum absolute atomic E-state index is 0.0420. The summed E-state index contributed by atoms with van der Waals surface area (Å²) in [5.41, 5.74) is 3.87. The van der Waals surface area contributed by atoms with Crippen molar-refractivity contribution in [2.45, 2.75) is 24.9 Å². The molecule has 1 heterocycles. The second-order valence-electron chi connectivity index (χ2n) is 8.55. The van der Waals surface area contributed by atoms with Crippen LogP contribution >= 0.6 is 0 Å². The van der Waals surface area contributed by atoms with Crippen molar-refractivity contribution >= 4 is 0 Å². The van der Waals surface area contributed by atoms with E-state index in [0.717, 1.165) is 37.6 Å². The molecule has 3 aromatic rings. The van der Waals surface area contributed by atoms with Gasteiger partial charge in [-0.15, -0.1) is 0 Å². The molecular weight excluding hydrogens is 384 g/mol. The Kier molecular flexibility index (Phi) is 6.59. The van der Waals surface area contributed by atoms with Gasteiger partial charge in [-0.25, -0.2) is 0 Å². The van der Waals surface area contributed by atoms with Crippen LogP contribution in [0.3, 0.4) is 0 Å². The molecule has 1 N–H and O–H groups in total. The third-order valence-corrected chi connectivity index (χ3v) is 6.14. The topological polar surface area (TPSA) is 33.7 Å². The van der Waals surface area contributed by atoms with Crippen LogP contribution in [0.4, 0.5) is 0 Å². The normalized spacial score (nSPS) is 19.4. The quantitative estimate of drug-likeness (QED) is 0.605. The van der Waals surface area contributed by atoms with Crippen LogP contribution < -0.4 is 14.8 Å². The molecule has 1 aliphatic heterocycles. The van der Waals surface area contributed by atoms with Crippen LogP contribution in [0.5, 0.6) is 11.5 Å². The van der Waals surface area contributed by atoms with E-state index in [4.69, 9.17) is 9.47 Å². The van der Waals surface area contributed by atoms with Crippen LogP contribution in [-0.2, 0) is 6.42 Å². The average Bonchev–Trinajstić information content (AvgIpc) is 2.80. The van der Waals surface area contributed by atoms with Crippen LogP contribution in [-0.4, -0.2) is 44.3 Å². The molecule has 31 heavy (non-hydrogen) atoms. The maximum Gasteiger partial charge on any atom is 0.160 e. The maximum atomic E-state index is 5.52. The molecule has 1 unspecified atom stereocenters. The minimum Gasteiger partial charge on any atom is -0.493 e. The van der Waals surface area contributed by atoms with Crippen molar-refractivity contribution in [3.05, 3.63) is 95.6 Å². The van der Waals surface area contributed by atoms with E-state index in [1.807, 2.05) is 6.07 Å². The SMILES string of the molecule is COc1ccc(CC2(C)CN(C(c3ccccc3)c3ccccc3)CCN2)cc1OC. The summed E-state index contributed by atoms with van der Waals surface area (Å²) in [4.78, 5) is 2.61. The molecule has 0 amide bonds. The summed E-state index contributed by atoms with van der Waals surface area (Å²) in [6.45, 7) is 5.24. The third-order valence-electron chi connectivity index (χ3n) is 6.14. The first-order valence-electron chi connectivity index (χ1n) is 10.9. The van der Waals surface area contributed by atoms with Gasteiger partial charge in [0.05, 0.1) is 20.3 Å². The molecule has 4 heteroatoms. The van der Waals surface area contributed by atoms with Crippen molar-refractivity contribution < 1.29 is 9.47 Å². The fourth-order valence-corrected chi connectivity index (χ4v) is 4.75. The van der Waals surface area contributed by atoms with Gasteiger partial charge < -0.3 is 14.8 Å². The number of nitrogens with one attached hydrogen (secondary N) is 1. The number of hydrogen-bond acceptors (Lipinski definition) is 4. The summed E-state index contributed by atoms with van der Waals surface area (Å²) in [5.74, 6) is 1.55.